The second-order valence-electron chi connectivity index (χ2n) is 8.17. The Kier molecular flexibility index (Phi) is 5.71. The summed E-state index contributed by atoms with van der Waals surface area (Å²) in [6, 6.07) is 28.7. The van der Waals surface area contributed by atoms with Crippen molar-refractivity contribution in [1.29, 1.82) is 10.5 Å². The minimum Gasteiger partial charge on any atom is -0.452 e. The highest BCUT2D eigenvalue weighted by Gasteiger charge is 2.31. The lowest BCUT2D eigenvalue weighted by molar-refractivity contribution is 0.0764. The SMILES string of the molecule is N#Cc1ccc(-c2ccc(CN3Cc4cccc(Oc5c(F)cccc5C#N)c4C3=O)cc2)cc1. The Balaban J connectivity index is 1.35. The summed E-state index contributed by atoms with van der Waals surface area (Å²) in [6.07, 6.45) is 0. The van der Waals surface area contributed by atoms with Gasteiger partial charge in [-0.2, -0.15) is 10.5 Å². The molecule has 0 saturated carbocycles. The normalized spacial score (nSPS) is 12.1. The van der Waals surface area contributed by atoms with Crippen LogP contribution >= 0.6 is 0 Å². The number of hydrogen-bond acceptors (Lipinski definition) is 4. The molecule has 1 aliphatic rings. The Morgan fingerprint density at radius 3 is 2.23 bits per heavy atom. The van der Waals surface area contributed by atoms with Gasteiger partial charge in [-0.15, -0.1) is 0 Å². The topological polar surface area (TPSA) is 77.1 Å². The van der Waals surface area contributed by atoms with E-state index in [0.717, 1.165) is 22.3 Å². The monoisotopic (exact) mass is 459 g/mol. The summed E-state index contributed by atoms with van der Waals surface area (Å²) in [5.41, 5.74) is 4.83. The lowest BCUT2D eigenvalue weighted by Crippen LogP contribution is -2.23. The lowest BCUT2D eigenvalue weighted by Gasteiger charge is -2.16. The molecule has 35 heavy (non-hydrogen) atoms. The molecule has 0 saturated heterocycles. The molecule has 0 fully saturated rings. The highest BCUT2D eigenvalue weighted by molar-refractivity contribution is 6.01. The third-order valence-corrected chi connectivity index (χ3v) is 5.95. The highest BCUT2D eigenvalue weighted by Crippen LogP contribution is 2.36. The lowest BCUT2D eigenvalue weighted by atomic mass is 10.0. The molecule has 1 heterocycles. The molecule has 168 valence electrons. The molecule has 0 aliphatic carbocycles. The number of amides is 1. The number of rotatable bonds is 5. The zero-order valence-corrected chi connectivity index (χ0v) is 18.5. The van der Waals surface area contributed by atoms with Gasteiger partial charge < -0.3 is 9.64 Å². The van der Waals surface area contributed by atoms with E-state index in [2.05, 4.69) is 6.07 Å². The fourth-order valence-corrected chi connectivity index (χ4v) is 4.17. The van der Waals surface area contributed by atoms with E-state index in [0.29, 0.717) is 24.2 Å². The average molecular weight is 459 g/mol. The second-order valence-corrected chi connectivity index (χ2v) is 8.17. The van der Waals surface area contributed by atoms with Crippen molar-refractivity contribution in [1.82, 2.24) is 4.90 Å². The summed E-state index contributed by atoms with van der Waals surface area (Å²) < 4.78 is 20.1. The quantitative estimate of drug-likeness (QED) is 0.357. The molecule has 1 aliphatic heterocycles. The van der Waals surface area contributed by atoms with Crippen molar-refractivity contribution in [3.8, 4) is 34.8 Å². The summed E-state index contributed by atoms with van der Waals surface area (Å²) >= 11 is 0. The van der Waals surface area contributed by atoms with Gasteiger partial charge in [0, 0.05) is 13.1 Å². The van der Waals surface area contributed by atoms with Crippen LogP contribution in [-0.2, 0) is 13.1 Å². The predicted octanol–water partition coefficient (Wildman–Crippen LogP) is 6.18. The van der Waals surface area contributed by atoms with E-state index in [-0.39, 0.29) is 23.0 Å². The summed E-state index contributed by atoms with van der Waals surface area (Å²) in [5.74, 6) is -0.825. The van der Waals surface area contributed by atoms with E-state index < -0.39 is 5.82 Å². The molecule has 0 radical (unpaired) electrons. The minimum absolute atomic E-state index is 0.0623. The second kappa shape index (κ2) is 9.13. The standard InChI is InChI=1S/C29H18FN3O2/c30-25-5-1-3-23(16-32)28(25)35-26-6-2-4-24-18-33(29(34)27(24)26)17-20-9-13-22(14-10-20)21-11-7-19(15-31)8-12-21/h1-14H,17-18H2. The Labute approximate surface area is 201 Å². The number of fused-ring (bicyclic) bond motifs is 1. The van der Waals surface area contributed by atoms with Gasteiger partial charge in [0.25, 0.3) is 5.91 Å². The van der Waals surface area contributed by atoms with Gasteiger partial charge in [0.2, 0.25) is 0 Å². The van der Waals surface area contributed by atoms with Gasteiger partial charge in [-0.1, -0.05) is 54.6 Å². The Morgan fingerprint density at radius 2 is 1.54 bits per heavy atom. The van der Waals surface area contributed by atoms with E-state index in [4.69, 9.17) is 10.00 Å². The first-order valence-electron chi connectivity index (χ1n) is 10.9. The van der Waals surface area contributed by atoms with Crippen molar-refractivity contribution >= 4 is 5.91 Å². The summed E-state index contributed by atoms with van der Waals surface area (Å²) in [4.78, 5) is 15.0. The van der Waals surface area contributed by atoms with Gasteiger partial charge in [-0.05, 0) is 52.6 Å². The van der Waals surface area contributed by atoms with Crippen molar-refractivity contribution in [3.63, 3.8) is 0 Å². The van der Waals surface area contributed by atoms with Crippen LogP contribution in [0.2, 0.25) is 0 Å². The fourth-order valence-electron chi connectivity index (χ4n) is 4.17. The largest absolute Gasteiger partial charge is 0.452 e. The molecule has 0 atom stereocenters. The molecular weight excluding hydrogens is 441 g/mol. The van der Waals surface area contributed by atoms with Crippen LogP contribution in [0.1, 0.15) is 32.6 Å². The number of nitrogens with zero attached hydrogens (tertiary/aromatic N) is 3. The van der Waals surface area contributed by atoms with Crippen LogP contribution in [0, 0.1) is 28.5 Å². The number of benzene rings is 4. The third-order valence-electron chi connectivity index (χ3n) is 5.95. The molecule has 5 nitrogen and oxygen atoms in total. The number of halogens is 1. The predicted molar refractivity (Wildman–Crippen MR) is 128 cm³/mol. The Morgan fingerprint density at radius 1 is 0.857 bits per heavy atom. The van der Waals surface area contributed by atoms with Gasteiger partial charge in [-0.3, -0.25) is 4.79 Å². The zero-order chi connectivity index (χ0) is 24.4. The van der Waals surface area contributed by atoms with Crippen LogP contribution in [0.3, 0.4) is 0 Å². The molecule has 0 unspecified atom stereocenters. The number of para-hydroxylation sites is 1. The van der Waals surface area contributed by atoms with Crippen LogP contribution < -0.4 is 4.74 Å². The van der Waals surface area contributed by atoms with Gasteiger partial charge >= 0.3 is 0 Å². The van der Waals surface area contributed by atoms with E-state index in [9.17, 15) is 14.4 Å². The van der Waals surface area contributed by atoms with Gasteiger partial charge in [0.1, 0.15) is 11.8 Å². The number of ether oxygens (including phenoxy) is 1. The molecule has 0 N–H and O–H groups in total. The number of hydrogen-bond donors (Lipinski definition) is 0. The number of carbonyl (C=O) groups is 1. The summed E-state index contributed by atoms with van der Waals surface area (Å²) in [7, 11) is 0. The average Bonchev–Trinajstić information content (AvgIpc) is 3.21. The Bertz CT molecular complexity index is 1510. The first kappa shape index (κ1) is 21.9. The van der Waals surface area contributed by atoms with Crippen LogP contribution in [-0.4, -0.2) is 10.8 Å². The fraction of sp³-hybridized carbons (Fsp3) is 0.0690. The van der Waals surface area contributed by atoms with Crippen LogP contribution in [0.25, 0.3) is 11.1 Å². The van der Waals surface area contributed by atoms with Crippen molar-refractivity contribution in [2.75, 3.05) is 0 Å². The van der Waals surface area contributed by atoms with E-state index in [1.165, 1.54) is 18.2 Å². The maximum absolute atomic E-state index is 14.3. The third kappa shape index (κ3) is 4.21. The summed E-state index contributed by atoms with van der Waals surface area (Å²) in [5, 5.41) is 18.3. The molecule has 1 amide bonds. The van der Waals surface area contributed by atoms with Crippen molar-refractivity contribution in [2.45, 2.75) is 13.1 Å². The number of nitriles is 2. The van der Waals surface area contributed by atoms with Crippen LogP contribution in [0.5, 0.6) is 11.5 Å². The van der Waals surface area contributed by atoms with E-state index >= 15 is 0 Å². The molecule has 0 spiro atoms. The van der Waals surface area contributed by atoms with E-state index in [1.807, 2.05) is 48.5 Å². The molecular formula is C29H18FN3O2. The Hall–Kier alpha value is -4.94. The van der Waals surface area contributed by atoms with Crippen molar-refractivity contribution in [2.24, 2.45) is 0 Å². The maximum atomic E-state index is 14.3. The maximum Gasteiger partial charge on any atom is 0.258 e. The summed E-state index contributed by atoms with van der Waals surface area (Å²) in [6.45, 7) is 0.814. The molecule has 0 bridgehead atoms. The van der Waals surface area contributed by atoms with Gasteiger partial charge in [-0.25, -0.2) is 4.39 Å². The van der Waals surface area contributed by atoms with Gasteiger partial charge in [0.05, 0.1) is 22.8 Å². The van der Waals surface area contributed by atoms with E-state index in [1.54, 1.807) is 29.2 Å². The first-order valence-corrected chi connectivity index (χ1v) is 10.9. The first-order chi connectivity index (χ1) is 17.1. The van der Waals surface area contributed by atoms with Crippen LogP contribution in [0.15, 0.2) is 84.9 Å². The van der Waals surface area contributed by atoms with Crippen LogP contribution in [0.4, 0.5) is 4.39 Å². The minimum atomic E-state index is -0.661. The smallest absolute Gasteiger partial charge is 0.258 e. The molecule has 4 aromatic rings. The molecule has 5 rings (SSSR count). The molecule has 0 aromatic heterocycles. The van der Waals surface area contributed by atoms with Crippen molar-refractivity contribution in [3.05, 3.63) is 119 Å². The highest BCUT2D eigenvalue weighted by atomic mass is 19.1. The molecule has 6 heteroatoms. The number of carbonyl (C=O) groups excluding carboxylic acids is 1. The van der Waals surface area contributed by atoms with Gasteiger partial charge in [0.15, 0.2) is 11.6 Å². The zero-order valence-electron chi connectivity index (χ0n) is 18.5. The molecule has 4 aromatic carbocycles. The van der Waals surface area contributed by atoms with Crippen molar-refractivity contribution < 1.29 is 13.9 Å².